The molecule has 0 spiro atoms. The summed E-state index contributed by atoms with van der Waals surface area (Å²) in [6.45, 7) is 2.73. The highest BCUT2D eigenvalue weighted by Crippen LogP contribution is 2.42. The van der Waals surface area contributed by atoms with E-state index in [1.54, 1.807) is 0 Å². The average molecular weight is 491 g/mol. The van der Waals surface area contributed by atoms with Crippen molar-refractivity contribution in [1.82, 2.24) is 4.90 Å². The van der Waals surface area contributed by atoms with E-state index >= 15 is 0 Å². The summed E-state index contributed by atoms with van der Waals surface area (Å²) in [5, 5.41) is 12.7. The maximum Gasteiger partial charge on any atom is 0.162 e. The first-order valence-electron chi connectivity index (χ1n) is 12.4. The highest BCUT2D eigenvalue weighted by atomic mass is 35.5. The fourth-order valence-corrected chi connectivity index (χ4v) is 5.29. The van der Waals surface area contributed by atoms with E-state index in [0.717, 1.165) is 61.3 Å². The number of nitrogens with zero attached hydrogens (tertiary/aromatic N) is 2. The molecule has 0 aliphatic carbocycles. The van der Waals surface area contributed by atoms with Crippen LogP contribution in [0.3, 0.4) is 0 Å². The van der Waals surface area contributed by atoms with Crippen molar-refractivity contribution in [3.05, 3.63) is 101 Å². The minimum Gasteiger partial charge on any atom is -0.380 e. The molecule has 1 saturated heterocycles. The SMILES string of the molecule is CN(C)c1ccc(C(=O)CCCN2CCC(C(O)(c3ccccc3)c3ccc(Cl)cc3)CC2)cc1. The molecule has 1 fully saturated rings. The van der Waals surface area contributed by atoms with Crippen molar-refractivity contribution in [2.24, 2.45) is 5.92 Å². The molecule has 35 heavy (non-hydrogen) atoms. The molecule has 4 nitrogen and oxygen atoms in total. The Morgan fingerprint density at radius 1 is 0.943 bits per heavy atom. The van der Waals surface area contributed by atoms with E-state index in [4.69, 9.17) is 11.6 Å². The number of hydrogen-bond donors (Lipinski definition) is 1. The van der Waals surface area contributed by atoms with Gasteiger partial charge in [0.15, 0.2) is 5.78 Å². The normalized spacial score (nSPS) is 16.6. The summed E-state index contributed by atoms with van der Waals surface area (Å²) in [4.78, 5) is 17.1. The third kappa shape index (κ3) is 5.95. The Kier molecular flexibility index (Phi) is 8.27. The average Bonchev–Trinajstić information content (AvgIpc) is 2.89. The largest absolute Gasteiger partial charge is 0.380 e. The zero-order chi connectivity index (χ0) is 24.8. The van der Waals surface area contributed by atoms with Crippen LogP contribution in [0.25, 0.3) is 0 Å². The predicted octanol–water partition coefficient (Wildman–Crippen LogP) is 6.02. The standard InChI is InChI=1S/C30H35ClN2O2/c1-32(2)28-16-10-23(11-17-28)29(34)9-6-20-33-21-18-26(19-22-33)30(35,24-7-4-3-5-8-24)25-12-14-27(31)15-13-25/h3-5,7-8,10-17,26,35H,6,9,18-22H2,1-2H3. The summed E-state index contributed by atoms with van der Waals surface area (Å²) in [5.74, 6) is 0.311. The molecule has 1 atom stereocenters. The number of likely N-dealkylation sites (tertiary alicyclic amines) is 1. The molecule has 0 aromatic heterocycles. The van der Waals surface area contributed by atoms with Crippen LogP contribution in [0.5, 0.6) is 0 Å². The van der Waals surface area contributed by atoms with Gasteiger partial charge in [0.05, 0.1) is 0 Å². The maximum absolute atomic E-state index is 12.6. The molecule has 3 aromatic rings. The Morgan fingerprint density at radius 3 is 2.14 bits per heavy atom. The summed E-state index contributed by atoms with van der Waals surface area (Å²) in [6.07, 6.45) is 3.20. The lowest BCUT2D eigenvalue weighted by atomic mass is 9.72. The van der Waals surface area contributed by atoms with Crippen molar-refractivity contribution < 1.29 is 9.90 Å². The number of halogens is 1. The van der Waals surface area contributed by atoms with Crippen molar-refractivity contribution in [2.75, 3.05) is 38.6 Å². The molecule has 1 unspecified atom stereocenters. The molecule has 0 bridgehead atoms. The number of Topliss-reactive ketones (excluding diaryl/α,β-unsaturated/α-hetero) is 1. The van der Waals surface area contributed by atoms with Crippen molar-refractivity contribution in [2.45, 2.75) is 31.3 Å². The number of carbonyl (C=O) groups excluding carboxylic acids is 1. The second kappa shape index (κ2) is 11.4. The van der Waals surface area contributed by atoms with Crippen LogP contribution in [-0.2, 0) is 5.60 Å². The molecule has 3 aromatic carbocycles. The Hall–Kier alpha value is -2.66. The Balaban J connectivity index is 1.34. The summed E-state index contributed by atoms with van der Waals surface area (Å²) in [7, 11) is 3.99. The van der Waals surface area contributed by atoms with Crippen molar-refractivity contribution in [1.29, 1.82) is 0 Å². The van der Waals surface area contributed by atoms with Gasteiger partial charge in [-0.15, -0.1) is 0 Å². The summed E-state index contributed by atoms with van der Waals surface area (Å²) in [5.41, 5.74) is 2.64. The van der Waals surface area contributed by atoms with E-state index in [1.165, 1.54) is 0 Å². The molecule has 184 valence electrons. The summed E-state index contributed by atoms with van der Waals surface area (Å²) >= 11 is 6.13. The second-order valence-corrected chi connectivity index (χ2v) is 10.2. The lowest BCUT2D eigenvalue weighted by Gasteiger charge is -2.42. The zero-order valence-corrected chi connectivity index (χ0v) is 21.4. The van der Waals surface area contributed by atoms with Crippen molar-refractivity contribution in [3.8, 4) is 0 Å². The number of piperidine rings is 1. The highest BCUT2D eigenvalue weighted by molar-refractivity contribution is 6.30. The Bertz CT molecular complexity index is 1090. The molecule has 1 aliphatic rings. The molecule has 5 heteroatoms. The highest BCUT2D eigenvalue weighted by Gasteiger charge is 2.41. The number of hydrogen-bond acceptors (Lipinski definition) is 4. The molecule has 1 N–H and O–H groups in total. The smallest absolute Gasteiger partial charge is 0.162 e. The van der Waals surface area contributed by atoms with Gasteiger partial charge >= 0.3 is 0 Å². The van der Waals surface area contributed by atoms with Gasteiger partial charge in [-0.1, -0.05) is 54.1 Å². The van der Waals surface area contributed by atoms with Gasteiger partial charge in [0.2, 0.25) is 0 Å². The van der Waals surface area contributed by atoms with Crippen LogP contribution in [-0.4, -0.2) is 49.5 Å². The van der Waals surface area contributed by atoms with Crippen LogP contribution < -0.4 is 4.90 Å². The molecule has 4 rings (SSSR count). The lowest BCUT2D eigenvalue weighted by Crippen LogP contribution is -2.44. The number of aliphatic hydroxyl groups is 1. The van der Waals surface area contributed by atoms with Crippen LogP contribution in [0.1, 0.15) is 47.2 Å². The zero-order valence-electron chi connectivity index (χ0n) is 20.7. The molecule has 0 amide bonds. The summed E-state index contributed by atoms with van der Waals surface area (Å²) < 4.78 is 0. The van der Waals surface area contributed by atoms with Crippen LogP contribution in [0, 0.1) is 5.92 Å². The van der Waals surface area contributed by atoms with Crippen molar-refractivity contribution in [3.63, 3.8) is 0 Å². The molecular weight excluding hydrogens is 456 g/mol. The van der Waals surface area contributed by atoms with E-state index in [9.17, 15) is 9.90 Å². The first kappa shape index (κ1) is 25.4. The lowest BCUT2D eigenvalue weighted by molar-refractivity contribution is -0.0142. The Morgan fingerprint density at radius 2 is 1.54 bits per heavy atom. The van der Waals surface area contributed by atoms with Gasteiger partial charge in [0.25, 0.3) is 0 Å². The van der Waals surface area contributed by atoms with E-state index in [1.807, 2.05) is 97.9 Å². The third-order valence-electron chi connectivity index (χ3n) is 7.26. The number of rotatable bonds is 9. The van der Waals surface area contributed by atoms with Crippen LogP contribution in [0.15, 0.2) is 78.9 Å². The van der Waals surface area contributed by atoms with Gasteiger partial charge in [-0.2, -0.15) is 0 Å². The molecule has 1 aliphatic heterocycles. The van der Waals surface area contributed by atoms with Gasteiger partial charge < -0.3 is 14.9 Å². The van der Waals surface area contributed by atoms with Gasteiger partial charge in [-0.05, 0) is 92.3 Å². The third-order valence-corrected chi connectivity index (χ3v) is 7.51. The Labute approximate surface area is 214 Å². The fourth-order valence-electron chi connectivity index (χ4n) is 5.16. The molecular formula is C30H35ClN2O2. The number of anilines is 1. The predicted molar refractivity (Wildman–Crippen MR) is 144 cm³/mol. The van der Waals surface area contributed by atoms with Gasteiger partial charge in [0.1, 0.15) is 5.60 Å². The quantitative estimate of drug-likeness (QED) is 0.373. The first-order chi connectivity index (χ1) is 16.9. The van der Waals surface area contributed by atoms with E-state index in [0.29, 0.717) is 11.4 Å². The van der Waals surface area contributed by atoms with E-state index in [-0.39, 0.29) is 11.7 Å². The second-order valence-electron chi connectivity index (χ2n) is 9.72. The van der Waals surface area contributed by atoms with Crippen LogP contribution >= 0.6 is 11.6 Å². The molecule has 1 heterocycles. The molecule has 0 saturated carbocycles. The minimum absolute atomic E-state index is 0.110. The number of carbonyl (C=O) groups is 1. The van der Waals surface area contributed by atoms with Crippen molar-refractivity contribution >= 4 is 23.1 Å². The number of benzene rings is 3. The maximum atomic E-state index is 12.6. The topological polar surface area (TPSA) is 43.8 Å². The van der Waals surface area contributed by atoms with E-state index in [2.05, 4.69) is 4.90 Å². The van der Waals surface area contributed by atoms with Crippen LogP contribution in [0.2, 0.25) is 5.02 Å². The monoisotopic (exact) mass is 490 g/mol. The van der Waals surface area contributed by atoms with Crippen LogP contribution in [0.4, 0.5) is 5.69 Å². The minimum atomic E-state index is -1.05. The number of ketones is 1. The van der Waals surface area contributed by atoms with Gasteiger partial charge in [-0.25, -0.2) is 0 Å². The fraction of sp³-hybridized carbons (Fsp3) is 0.367. The molecule has 0 radical (unpaired) electrons. The van der Waals surface area contributed by atoms with Gasteiger partial charge in [0, 0.05) is 36.8 Å². The summed E-state index contributed by atoms with van der Waals surface area (Å²) in [6, 6.07) is 25.4. The van der Waals surface area contributed by atoms with E-state index < -0.39 is 5.60 Å². The first-order valence-corrected chi connectivity index (χ1v) is 12.8. The van der Waals surface area contributed by atoms with Gasteiger partial charge in [-0.3, -0.25) is 4.79 Å².